The van der Waals surface area contributed by atoms with Gasteiger partial charge in [-0.25, -0.2) is 12.4 Å². The highest BCUT2D eigenvalue weighted by atomic mass is 32.2. The largest absolute Gasteiger partial charge is 0.445 e. The number of allylic oxidation sites excluding steroid dienone is 2. The smallest absolute Gasteiger partial charge is 0.269 e. The maximum atomic E-state index is 14.0. The highest BCUT2D eigenvalue weighted by molar-refractivity contribution is 7.90. The first kappa shape index (κ1) is 22.1. The SMILES string of the molecule is O=S1(=O)c2ccccc2-c2cccc3c4c(N5c6cc(-c7ccccc7)ccc6C6C=CC=CC65)occ4n1c23. The number of furan rings is 1. The second-order valence-corrected chi connectivity index (χ2v) is 12.3. The Morgan fingerprint density at radius 1 is 0.750 bits per heavy atom. The molecule has 6 aromatic rings. The van der Waals surface area contributed by atoms with Crippen LogP contribution in [0, 0.1) is 0 Å². The standard InChI is InChI=1S/C34H22N2O3S/c37-40(38)31-16-7-5-12-25(31)26-13-8-14-27-32-30(36(40)33(26)27)20-39-34(32)35-28-15-6-4-11-23(28)24-18-17-22(19-29(24)35)21-9-2-1-3-10-21/h1-20,23,28H. The van der Waals surface area contributed by atoms with Crippen LogP contribution in [0.2, 0.25) is 0 Å². The maximum absolute atomic E-state index is 14.0. The molecule has 5 nitrogen and oxygen atoms in total. The van der Waals surface area contributed by atoms with Gasteiger partial charge in [0, 0.05) is 28.1 Å². The highest BCUT2D eigenvalue weighted by Gasteiger charge is 2.41. The van der Waals surface area contributed by atoms with Gasteiger partial charge in [0.05, 0.1) is 21.8 Å². The molecule has 3 aliphatic rings. The molecular weight excluding hydrogens is 516 g/mol. The minimum atomic E-state index is -3.81. The van der Waals surface area contributed by atoms with E-state index in [1.807, 2.05) is 48.5 Å². The highest BCUT2D eigenvalue weighted by Crippen LogP contribution is 2.53. The van der Waals surface area contributed by atoms with Crippen molar-refractivity contribution < 1.29 is 12.8 Å². The monoisotopic (exact) mass is 538 g/mol. The van der Waals surface area contributed by atoms with Crippen molar-refractivity contribution in [2.24, 2.45) is 0 Å². The Labute approximate surface area is 230 Å². The molecule has 1 aliphatic carbocycles. The Bertz CT molecular complexity index is 2200. The first-order chi connectivity index (χ1) is 19.6. The molecular formula is C34H22N2O3S. The number of fused-ring (bicyclic) bond motifs is 8. The second kappa shape index (κ2) is 7.64. The van der Waals surface area contributed by atoms with Crippen LogP contribution in [0.25, 0.3) is 44.1 Å². The number of aromatic nitrogens is 1. The van der Waals surface area contributed by atoms with Crippen LogP contribution < -0.4 is 4.90 Å². The maximum Gasteiger partial charge on any atom is 0.269 e. The predicted molar refractivity (Wildman–Crippen MR) is 159 cm³/mol. The molecule has 0 spiro atoms. The molecule has 2 aliphatic heterocycles. The number of rotatable bonds is 2. The second-order valence-electron chi connectivity index (χ2n) is 10.6. The van der Waals surface area contributed by atoms with Crippen molar-refractivity contribution in [2.75, 3.05) is 4.90 Å². The van der Waals surface area contributed by atoms with Gasteiger partial charge in [0.2, 0.25) is 5.88 Å². The van der Waals surface area contributed by atoms with E-state index in [4.69, 9.17) is 4.42 Å². The van der Waals surface area contributed by atoms with Crippen molar-refractivity contribution in [3.63, 3.8) is 0 Å². The molecule has 4 aromatic carbocycles. The zero-order valence-electron chi connectivity index (χ0n) is 21.2. The number of para-hydroxylation sites is 1. The summed E-state index contributed by atoms with van der Waals surface area (Å²) in [6.07, 6.45) is 10.2. The predicted octanol–water partition coefficient (Wildman–Crippen LogP) is 8.00. The van der Waals surface area contributed by atoms with Gasteiger partial charge in [0.15, 0.2) is 0 Å². The van der Waals surface area contributed by atoms with Crippen molar-refractivity contribution in [3.05, 3.63) is 127 Å². The fraction of sp³-hybridized carbons (Fsp3) is 0.0588. The number of hydrogen-bond acceptors (Lipinski definition) is 4. The van der Waals surface area contributed by atoms with E-state index in [0.717, 1.165) is 38.7 Å². The van der Waals surface area contributed by atoms with Crippen LogP contribution in [0.15, 0.2) is 131 Å². The van der Waals surface area contributed by atoms with Gasteiger partial charge in [0.25, 0.3) is 10.0 Å². The first-order valence-electron chi connectivity index (χ1n) is 13.4. The molecule has 0 saturated heterocycles. The molecule has 4 heterocycles. The third-order valence-electron chi connectivity index (χ3n) is 8.55. The topological polar surface area (TPSA) is 55.5 Å². The van der Waals surface area contributed by atoms with Gasteiger partial charge in [-0.15, -0.1) is 0 Å². The molecule has 0 radical (unpaired) electrons. The van der Waals surface area contributed by atoms with Crippen molar-refractivity contribution in [3.8, 4) is 22.3 Å². The molecule has 0 saturated carbocycles. The third kappa shape index (κ3) is 2.68. The normalized spacial score (nSPS) is 19.6. The molecule has 9 rings (SSSR count). The molecule has 0 bridgehead atoms. The third-order valence-corrected chi connectivity index (χ3v) is 10.3. The zero-order valence-corrected chi connectivity index (χ0v) is 22.0. The van der Waals surface area contributed by atoms with Crippen LogP contribution >= 0.6 is 0 Å². The molecule has 2 aromatic heterocycles. The molecule has 192 valence electrons. The summed E-state index contributed by atoms with van der Waals surface area (Å²) in [5, 5.41) is 1.68. The summed E-state index contributed by atoms with van der Waals surface area (Å²) in [5.41, 5.74) is 7.48. The van der Waals surface area contributed by atoms with E-state index in [9.17, 15) is 8.42 Å². The summed E-state index contributed by atoms with van der Waals surface area (Å²) < 4.78 is 35.9. The van der Waals surface area contributed by atoms with Gasteiger partial charge in [-0.1, -0.05) is 103 Å². The van der Waals surface area contributed by atoms with Crippen LogP contribution in [0.3, 0.4) is 0 Å². The van der Waals surface area contributed by atoms with E-state index in [-0.39, 0.29) is 12.0 Å². The van der Waals surface area contributed by atoms with E-state index < -0.39 is 10.0 Å². The zero-order chi connectivity index (χ0) is 26.6. The van der Waals surface area contributed by atoms with Crippen LogP contribution in [0.4, 0.5) is 11.6 Å². The van der Waals surface area contributed by atoms with E-state index in [1.165, 1.54) is 9.54 Å². The average molecular weight is 539 g/mol. The lowest BCUT2D eigenvalue weighted by molar-refractivity contribution is 0.553. The lowest BCUT2D eigenvalue weighted by Crippen LogP contribution is -2.28. The Kier molecular flexibility index (Phi) is 4.21. The summed E-state index contributed by atoms with van der Waals surface area (Å²) in [6.45, 7) is 0. The number of hydrogen-bond donors (Lipinski definition) is 0. The Hall–Kier alpha value is -4.81. The van der Waals surface area contributed by atoms with E-state index in [2.05, 4.69) is 59.5 Å². The number of anilines is 2. The summed E-state index contributed by atoms with van der Waals surface area (Å²) >= 11 is 0. The van der Waals surface area contributed by atoms with Gasteiger partial charge in [-0.2, -0.15) is 0 Å². The quantitative estimate of drug-likeness (QED) is 0.224. The minimum absolute atomic E-state index is 0.0147. The van der Waals surface area contributed by atoms with Gasteiger partial charge < -0.3 is 9.32 Å². The molecule has 2 atom stereocenters. The van der Waals surface area contributed by atoms with E-state index in [1.54, 1.807) is 18.4 Å². The van der Waals surface area contributed by atoms with Crippen LogP contribution in [0.1, 0.15) is 11.5 Å². The minimum Gasteiger partial charge on any atom is -0.445 e. The Morgan fingerprint density at radius 2 is 1.55 bits per heavy atom. The van der Waals surface area contributed by atoms with Crippen molar-refractivity contribution >= 4 is 43.4 Å². The lowest BCUT2D eigenvalue weighted by Gasteiger charge is -2.26. The molecule has 6 heteroatoms. The van der Waals surface area contributed by atoms with Crippen LogP contribution in [-0.2, 0) is 10.0 Å². The van der Waals surface area contributed by atoms with Crippen molar-refractivity contribution in [1.29, 1.82) is 0 Å². The van der Waals surface area contributed by atoms with Gasteiger partial charge in [0.1, 0.15) is 11.8 Å². The summed E-state index contributed by atoms with van der Waals surface area (Å²) in [5.74, 6) is 0.827. The summed E-state index contributed by atoms with van der Waals surface area (Å²) in [7, 11) is -3.81. The molecule has 2 unspecified atom stereocenters. The number of benzene rings is 4. The molecule has 0 N–H and O–H groups in total. The fourth-order valence-corrected chi connectivity index (χ4v) is 8.60. The Balaban J connectivity index is 1.34. The average Bonchev–Trinajstić information content (AvgIpc) is 3.66. The fourth-order valence-electron chi connectivity index (χ4n) is 6.86. The van der Waals surface area contributed by atoms with Gasteiger partial charge in [-0.3, -0.25) is 0 Å². The van der Waals surface area contributed by atoms with Gasteiger partial charge >= 0.3 is 0 Å². The van der Waals surface area contributed by atoms with E-state index >= 15 is 0 Å². The van der Waals surface area contributed by atoms with Crippen LogP contribution in [-0.4, -0.2) is 18.4 Å². The first-order valence-corrected chi connectivity index (χ1v) is 14.8. The molecule has 40 heavy (non-hydrogen) atoms. The lowest BCUT2D eigenvalue weighted by atomic mass is 9.90. The van der Waals surface area contributed by atoms with Crippen molar-refractivity contribution in [2.45, 2.75) is 16.9 Å². The van der Waals surface area contributed by atoms with E-state index in [0.29, 0.717) is 21.8 Å². The summed E-state index contributed by atoms with van der Waals surface area (Å²) in [6, 6.07) is 30.3. The molecule has 0 amide bonds. The summed E-state index contributed by atoms with van der Waals surface area (Å²) in [4.78, 5) is 2.57. The Morgan fingerprint density at radius 3 is 2.45 bits per heavy atom. The van der Waals surface area contributed by atoms with Crippen LogP contribution in [0.5, 0.6) is 0 Å². The van der Waals surface area contributed by atoms with Crippen molar-refractivity contribution in [1.82, 2.24) is 3.97 Å². The number of nitrogens with zero attached hydrogens (tertiary/aromatic N) is 2. The van der Waals surface area contributed by atoms with Gasteiger partial charge in [-0.05, 0) is 28.8 Å². The molecule has 0 fully saturated rings.